The second-order valence-corrected chi connectivity index (χ2v) is 7.27. The third-order valence-corrected chi connectivity index (χ3v) is 5.71. The van der Waals surface area contributed by atoms with Crippen LogP contribution in [0.5, 0.6) is 11.5 Å². The minimum absolute atomic E-state index is 0.101. The molecule has 1 aliphatic carbocycles. The van der Waals surface area contributed by atoms with E-state index in [1.165, 1.54) is 7.11 Å². The third-order valence-electron chi connectivity index (χ3n) is 5.71. The Morgan fingerprint density at radius 3 is 2.37 bits per heavy atom. The van der Waals surface area contributed by atoms with Crippen LogP contribution in [0.3, 0.4) is 0 Å². The van der Waals surface area contributed by atoms with E-state index in [4.69, 9.17) is 15.2 Å². The predicted molar refractivity (Wildman–Crippen MR) is 102 cm³/mol. The molecule has 1 heterocycles. The van der Waals surface area contributed by atoms with Gasteiger partial charge in [-0.15, -0.1) is 0 Å². The van der Waals surface area contributed by atoms with E-state index >= 15 is 0 Å². The van der Waals surface area contributed by atoms with Gasteiger partial charge in [-0.1, -0.05) is 12.5 Å². The lowest BCUT2D eigenvalue weighted by Crippen LogP contribution is -2.51. The lowest BCUT2D eigenvalue weighted by atomic mass is 9.99. The van der Waals surface area contributed by atoms with Gasteiger partial charge >= 0.3 is 0 Å². The van der Waals surface area contributed by atoms with Crippen molar-refractivity contribution < 1.29 is 19.1 Å². The summed E-state index contributed by atoms with van der Waals surface area (Å²) >= 11 is 0. The Balaban J connectivity index is 1.59. The highest BCUT2D eigenvalue weighted by molar-refractivity contribution is 5.98. The average Bonchev–Trinajstić information content (AvgIpc) is 3.11. The van der Waals surface area contributed by atoms with E-state index in [2.05, 4.69) is 0 Å². The fourth-order valence-corrected chi connectivity index (χ4v) is 4.06. The number of methoxy groups -OCH3 is 2. The van der Waals surface area contributed by atoms with Gasteiger partial charge in [0.1, 0.15) is 0 Å². The van der Waals surface area contributed by atoms with Crippen molar-refractivity contribution in [1.82, 2.24) is 9.80 Å². The van der Waals surface area contributed by atoms with Crippen LogP contribution in [0.2, 0.25) is 0 Å². The molecule has 2 N–H and O–H groups in total. The normalized spacial score (nSPS) is 22.6. The Hall–Kier alpha value is -2.28. The third kappa shape index (κ3) is 4.18. The summed E-state index contributed by atoms with van der Waals surface area (Å²) in [4.78, 5) is 29.1. The van der Waals surface area contributed by atoms with Crippen LogP contribution in [0.25, 0.3) is 0 Å². The number of nitrogens with two attached hydrogens (primary N) is 1. The van der Waals surface area contributed by atoms with Crippen molar-refractivity contribution in [3.05, 3.63) is 23.8 Å². The van der Waals surface area contributed by atoms with Gasteiger partial charge in [-0.3, -0.25) is 9.59 Å². The van der Waals surface area contributed by atoms with Crippen molar-refractivity contribution in [1.29, 1.82) is 0 Å². The van der Waals surface area contributed by atoms with E-state index in [1.54, 1.807) is 30.2 Å². The number of amides is 2. The lowest BCUT2D eigenvalue weighted by Gasteiger charge is -2.35. The van der Waals surface area contributed by atoms with E-state index in [-0.39, 0.29) is 17.9 Å². The van der Waals surface area contributed by atoms with Crippen LogP contribution in [0.15, 0.2) is 18.2 Å². The zero-order valence-electron chi connectivity index (χ0n) is 16.1. The van der Waals surface area contributed by atoms with Crippen LogP contribution >= 0.6 is 0 Å². The first-order valence-corrected chi connectivity index (χ1v) is 9.58. The number of hydrogen-bond donors (Lipinski definition) is 1. The van der Waals surface area contributed by atoms with Gasteiger partial charge in [-0.2, -0.15) is 0 Å². The maximum Gasteiger partial charge on any atom is 0.257 e. The first kappa shape index (κ1) is 19.5. The molecule has 0 radical (unpaired) electrons. The summed E-state index contributed by atoms with van der Waals surface area (Å²) < 4.78 is 10.7. The van der Waals surface area contributed by atoms with Gasteiger partial charge in [0, 0.05) is 38.6 Å². The first-order valence-electron chi connectivity index (χ1n) is 9.58. The molecule has 1 saturated carbocycles. The van der Waals surface area contributed by atoms with Crippen molar-refractivity contribution in [2.24, 2.45) is 11.7 Å². The Kier molecular flexibility index (Phi) is 6.21. The summed E-state index contributed by atoms with van der Waals surface area (Å²) in [6.45, 7) is 2.14. The van der Waals surface area contributed by atoms with Crippen LogP contribution in [-0.2, 0) is 4.79 Å². The standard InChI is InChI=1S/C20H29N3O4/c1-26-17-8-4-6-15(19(17)27-2)20(25)23-11-9-22(10-12-23)18(24)13-14-5-3-7-16(14)21/h4,6,8,14,16H,3,5,7,9-13,21H2,1-2H3/t14-,16+/m0/s1. The molecule has 2 fully saturated rings. The fourth-order valence-electron chi connectivity index (χ4n) is 4.06. The highest BCUT2D eigenvalue weighted by Crippen LogP contribution is 2.32. The highest BCUT2D eigenvalue weighted by atomic mass is 16.5. The van der Waals surface area contributed by atoms with E-state index in [0.717, 1.165) is 19.3 Å². The van der Waals surface area contributed by atoms with Crippen LogP contribution in [0, 0.1) is 5.92 Å². The molecule has 7 nitrogen and oxygen atoms in total. The Bertz CT molecular complexity index is 686. The zero-order chi connectivity index (χ0) is 19.4. The second kappa shape index (κ2) is 8.61. The molecular weight excluding hydrogens is 346 g/mol. The minimum atomic E-state index is -0.101. The Morgan fingerprint density at radius 2 is 1.78 bits per heavy atom. The molecular formula is C20H29N3O4. The number of benzene rings is 1. The topological polar surface area (TPSA) is 85.1 Å². The molecule has 2 atom stereocenters. The number of carbonyl (C=O) groups is 2. The lowest BCUT2D eigenvalue weighted by molar-refractivity contribution is -0.133. The number of rotatable bonds is 5. The number of hydrogen-bond acceptors (Lipinski definition) is 5. The van der Waals surface area contributed by atoms with E-state index in [1.807, 2.05) is 4.90 Å². The van der Waals surface area contributed by atoms with Crippen molar-refractivity contribution in [2.75, 3.05) is 40.4 Å². The summed E-state index contributed by atoms with van der Waals surface area (Å²) in [5.41, 5.74) is 6.57. The molecule has 0 aromatic heterocycles. The number of carbonyl (C=O) groups excluding carboxylic acids is 2. The summed E-state index contributed by atoms with van der Waals surface area (Å²) in [5, 5.41) is 0. The minimum Gasteiger partial charge on any atom is -0.493 e. The van der Waals surface area contributed by atoms with Crippen LogP contribution in [-0.4, -0.2) is 68.1 Å². The van der Waals surface area contributed by atoms with Gasteiger partial charge in [0.25, 0.3) is 5.91 Å². The monoisotopic (exact) mass is 375 g/mol. The molecule has 2 amide bonds. The SMILES string of the molecule is COc1cccc(C(=O)N2CCN(C(=O)C[C@@H]3CCC[C@H]3N)CC2)c1OC. The smallest absolute Gasteiger partial charge is 0.257 e. The predicted octanol–water partition coefficient (Wildman–Crippen LogP) is 1.51. The Labute approximate surface area is 160 Å². The molecule has 0 unspecified atom stereocenters. The van der Waals surface area contributed by atoms with Gasteiger partial charge in [0.15, 0.2) is 11.5 Å². The Morgan fingerprint density at radius 1 is 1.07 bits per heavy atom. The molecule has 0 spiro atoms. The summed E-state index contributed by atoms with van der Waals surface area (Å²) in [7, 11) is 3.08. The molecule has 1 aromatic carbocycles. The average molecular weight is 375 g/mol. The zero-order valence-corrected chi connectivity index (χ0v) is 16.1. The van der Waals surface area contributed by atoms with Crippen LogP contribution in [0.4, 0.5) is 0 Å². The maximum absolute atomic E-state index is 12.9. The summed E-state index contributed by atoms with van der Waals surface area (Å²) in [6.07, 6.45) is 3.70. The number of nitrogens with zero attached hydrogens (tertiary/aromatic N) is 2. The molecule has 148 valence electrons. The van der Waals surface area contributed by atoms with Crippen molar-refractivity contribution in [3.8, 4) is 11.5 Å². The molecule has 7 heteroatoms. The molecule has 27 heavy (non-hydrogen) atoms. The molecule has 2 aliphatic rings. The maximum atomic E-state index is 12.9. The van der Waals surface area contributed by atoms with Crippen molar-refractivity contribution >= 4 is 11.8 Å². The van der Waals surface area contributed by atoms with Crippen molar-refractivity contribution in [3.63, 3.8) is 0 Å². The van der Waals surface area contributed by atoms with E-state index in [9.17, 15) is 9.59 Å². The molecule has 3 rings (SSSR count). The van der Waals surface area contributed by atoms with Gasteiger partial charge in [0.05, 0.1) is 19.8 Å². The fraction of sp³-hybridized carbons (Fsp3) is 0.600. The second-order valence-electron chi connectivity index (χ2n) is 7.27. The molecule has 1 aromatic rings. The summed E-state index contributed by atoms with van der Waals surface area (Å²) in [5.74, 6) is 1.33. The number of piperazine rings is 1. The highest BCUT2D eigenvalue weighted by Gasteiger charge is 2.31. The van der Waals surface area contributed by atoms with Gasteiger partial charge in [-0.25, -0.2) is 0 Å². The van der Waals surface area contributed by atoms with Gasteiger partial charge in [-0.05, 0) is 30.9 Å². The quantitative estimate of drug-likeness (QED) is 0.843. The molecule has 0 bridgehead atoms. The van der Waals surface area contributed by atoms with E-state index < -0.39 is 0 Å². The first-order chi connectivity index (χ1) is 13.0. The summed E-state index contributed by atoms with van der Waals surface area (Å²) in [6, 6.07) is 5.43. The molecule has 1 saturated heterocycles. The van der Waals surface area contributed by atoms with Gasteiger partial charge in [0.2, 0.25) is 5.91 Å². The largest absolute Gasteiger partial charge is 0.493 e. The molecule has 1 aliphatic heterocycles. The van der Waals surface area contributed by atoms with E-state index in [0.29, 0.717) is 55.6 Å². The number of ether oxygens (including phenoxy) is 2. The van der Waals surface area contributed by atoms with Gasteiger partial charge < -0.3 is 25.0 Å². The van der Waals surface area contributed by atoms with Crippen LogP contribution < -0.4 is 15.2 Å². The van der Waals surface area contributed by atoms with Crippen molar-refractivity contribution in [2.45, 2.75) is 31.7 Å². The number of para-hydroxylation sites is 1. The van der Waals surface area contributed by atoms with Crippen LogP contribution in [0.1, 0.15) is 36.0 Å².